The standard InChI is InChI=1S/C26H21NO/c1-17(2)19-13-14-27-24(15-19)20-11-12-22-23-10-6-9-21(18-7-4-3-5-8-18)26(23)28-25(22)16-20/h3-17H,1-2H3. The lowest BCUT2D eigenvalue weighted by atomic mass is 10.0. The molecule has 5 rings (SSSR count). The molecule has 0 fully saturated rings. The Kier molecular flexibility index (Phi) is 3.98. The number of benzene rings is 3. The first-order valence-electron chi connectivity index (χ1n) is 9.68. The molecule has 0 N–H and O–H groups in total. The Hall–Kier alpha value is -3.39. The van der Waals surface area contributed by atoms with Gasteiger partial charge in [-0.1, -0.05) is 68.4 Å². The zero-order valence-electron chi connectivity index (χ0n) is 16.0. The summed E-state index contributed by atoms with van der Waals surface area (Å²) in [5, 5.41) is 2.28. The molecular formula is C26H21NO. The van der Waals surface area contributed by atoms with Crippen molar-refractivity contribution in [2.24, 2.45) is 0 Å². The summed E-state index contributed by atoms with van der Waals surface area (Å²) in [6.45, 7) is 4.40. The fourth-order valence-electron chi connectivity index (χ4n) is 3.77. The zero-order chi connectivity index (χ0) is 19.1. The van der Waals surface area contributed by atoms with Crippen LogP contribution in [0.1, 0.15) is 25.3 Å². The van der Waals surface area contributed by atoms with Crippen LogP contribution in [0.25, 0.3) is 44.3 Å². The van der Waals surface area contributed by atoms with Crippen LogP contribution in [0.5, 0.6) is 0 Å². The molecule has 136 valence electrons. The summed E-state index contributed by atoms with van der Waals surface area (Å²) in [5.41, 5.74) is 7.47. The Balaban J connectivity index is 1.69. The summed E-state index contributed by atoms with van der Waals surface area (Å²) in [6, 6.07) is 27.4. The highest BCUT2D eigenvalue weighted by Crippen LogP contribution is 2.37. The molecule has 0 aliphatic carbocycles. The second kappa shape index (κ2) is 6.65. The van der Waals surface area contributed by atoms with Crippen molar-refractivity contribution in [3.63, 3.8) is 0 Å². The maximum atomic E-state index is 6.35. The number of hydrogen-bond acceptors (Lipinski definition) is 2. The lowest BCUT2D eigenvalue weighted by Gasteiger charge is -2.07. The molecule has 0 radical (unpaired) electrons. The summed E-state index contributed by atoms with van der Waals surface area (Å²) in [7, 11) is 0. The average Bonchev–Trinajstić information content (AvgIpc) is 3.12. The molecule has 0 bridgehead atoms. The molecule has 2 aromatic heterocycles. The normalized spacial score (nSPS) is 11.5. The van der Waals surface area contributed by atoms with Gasteiger partial charge in [0.25, 0.3) is 0 Å². The number of furan rings is 1. The van der Waals surface area contributed by atoms with E-state index in [1.165, 1.54) is 11.1 Å². The third kappa shape index (κ3) is 2.78. The Morgan fingerprint density at radius 2 is 1.61 bits per heavy atom. The van der Waals surface area contributed by atoms with Crippen LogP contribution < -0.4 is 0 Å². The SMILES string of the molecule is CC(C)c1ccnc(-c2ccc3c(c2)oc2c(-c4ccccc4)cccc23)c1. The van der Waals surface area contributed by atoms with E-state index in [1.807, 2.05) is 12.3 Å². The number of pyridine rings is 1. The predicted octanol–water partition coefficient (Wildman–Crippen LogP) is 7.44. The first-order chi connectivity index (χ1) is 13.7. The van der Waals surface area contributed by atoms with Crippen LogP contribution in [0.15, 0.2) is 89.5 Å². The van der Waals surface area contributed by atoms with E-state index in [4.69, 9.17) is 4.42 Å². The zero-order valence-corrected chi connectivity index (χ0v) is 16.0. The molecule has 0 atom stereocenters. The smallest absolute Gasteiger partial charge is 0.143 e. The van der Waals surface area contributed by atoms with E-state index in [2.05, 4.69) is 91.6 Å². The topological polar surface area (TPSA) is 26.0 Å². The van der Waals surface area contributed by atoms with Crippen LogP contribution in [0.4, 0.5) is 0 Å². The van der Waals surface area contributed by atoms with Crippen molar-refractivity contribution in [2.75, 3.05) is 0 Å². The largest absolute Gasteiger partial charge is 0.455 e. The Labute approximate surface area is 164 Å². The van der Waals surface area contributed by atoms with Gasteiger partial charge in [0.1, 0.15) is 11.2 Å². The molecule has 2 heterocycles. The molecule has 28 heavy (non-hydrogen) atoms. The number of aromatic nitrogens is 1. The van der Waals surface area contributed by atoms with Gasteiger partial charge in [0.2, 0.25) is 0 Å². The number of para-hydroxylation sites is 1. The van der Waals surface area contributed by atoms with E-state index >= 15 is 0 Å². The van der Waals surface area contributed by atoms with E-state index in [9.17, 15) is 0 Å². The van der Waals surface area contributed by atoms with Gasteiger partial charge in [-0.05, 0) is 41.3 Å². The van der Waals surface area contributed by atoms with Gasteiger partial charge in [0.15, 0.2) is 0 Å². The Morgan fingerprint density at radius 1 is 0.750 bits per heavy atom. The van der Waals surface area contributed by atoms with Crippen molar-refractivity contribution < 1.29 is 4.42 Å². The fraction of sp³-hybridized carbons (Fsp3) is 0.115. The van der Waals surface area contributed by atoms with Gasteiger partial charge >= 0.3 is 0 Å². The summed E-state index contributed by atoms with van der Waals surface area (Å²) in [5.74, 6) is 0.477. The summed E-state index contributed by atoms with van der Waals surface area (Å²) >= 11 is 0. The monoisotopic (exact) mass is 363 g/mol. The average molecular weight is 363 g/mol. The minimum absolute atomic E-state index is 0.477. The Bertz CT molecular complexity index is 1280. The van der Waals surface area contributed by atoms with Gasteiger partial charge in [-0.2, -0.15) is 0 Å². The third-order valence-corrected chi connectivity index (χ3v) is 5.33. The van der Waals surface area contributed by atoms with E-state index in [-0.39, 0.29) is 0 Å². The lowest BCUT2D eigenvalue weighted by molar-refractivity contribution is 0.670. The number of rotatable bonds is 3. The summed E-state index contributed by atoms with van der Waals surface area (Å²) < 4.78 is 6.35. The third-order valence-electron chi connectivity index (χ3n) is 5.33. The molecule has 0 aliphatic heterocycles. The maximum Gasteiger partial charge on any atom is 0.143 e. The van der Waals surface area contributed by atoms with Crippen molar-refractivity contribution >= 4 is 21.9 Å². The maximum absolute atomic E-state index is 6.35. The molecule has 0 saturated carbocycles. The van der Waals surface area contributed by atoms with Gasteiger partial charge in [0.05, 0.1) is 5.69 Å². The predicted molar refractivity (Wildman–Crippen MR) is 116 cm³/mol. The number of hydrogen-bond donors (Lipinski definition) is 0. The first-order valence-corrected chi connectivity index (χ1v) is 9.68. The molecule has 0 saturated heterocycles. The van der Waals surface area contributed by atoms with Gasteiger partial charge < -0.3 is 4.42 Å². The summed E-state index contributed by atoms with van der Waals surface area (Å²) in [6.07, 6.45) is 1.89. The Morgan fingerprint density at radius 3 is 2.43 bits per heavy atom. The van der Waals surface area contributed by atoms with Crippen molar-refractivity contribution in [3.8, 4) is 22.4 Å². The van der Waals surface area contributed by atoms with Crippen molar-refractivity contribution in [1.29, 1.82) is 0 Å². The quantitative estimate of drug-likeness (QED) is 0.333. The molecule has 5 aromatic rings. The molecular weight excluding hydrogens is 342 g/mol. The van der Waals surface area contributed by atoms with E-state index in [0.29, 0.717) is 5.92 Å². The van der Waals surface area contributed by atoms with Gasteiger partial charge in [-0.3, -0.25) is 4.98 Å². The fourth-order valence-corrected chi connectivity index (χ4v) is 3.77. The van der Waals surface area contributed by atoms with Crippen LogP contribution in [-0.4, -0.2) is 4.98 Å². The summed E-state index contributed by atoms with van der Waals surface area (Å²) in [4.78, 5) is 4.58. The van der Waals surface area contributed by atoms with Crippen LogP contribution in [0.3, 0.4) is 0 Å². The second-order valence-corrected chi connectivity index (χ2v) is 7.49. The molecule has 0 unspecified atom stereocenters. The van der Waals surface area contributed by atoms with E-state index < -0.39 is 0 Å². The van der Waals surface area contributed by atoms with E-state index in [0.717, 1.165) is 38.8 Å². The first kappa shape index (κ1) is 16.8. The molecule has 3 aromatic carbocycles. The van der Waals surface area contributed by atoms with Crippen LogP contribution in [0.2, 0.25) is 0 Å². The minimum atomic E-state index is 0.477. The van der Waals surface area contributed by atoms with Gasteiger partial charge in [0, 0.05) is 28.1 Å². The minimum Gasteiger partial charge on any atom is -0.455 e. The molecule has 2 nitrogen and oxygen atoms in total. The highest BCUT2D eigenvalue weighted by atomic mass is 16.3. The second-order valence-electron chi connectivity index (χ2n) is 7.49. The number of fused-ring (bicyclic) bond motifs is 3. The molecule has 2 heteroatoms. The molecule has 0 amide bonds. The van der Waals surface area contributed by atoms with Crippen molar-refractivity contribution in [2.45, 2.75) is 19.8 Å². The van der Waals surface area contributed by atoms with Crippen LogP contribution in [-0.2, 0) is 0 Å². The van der Waals surface area contributed by atoms with Crippen LogP contribution >= 0.6 is 0 Å². The van der Waals surface area contributed by atoms with Gasteiger partial charge in [-0.15, -0.1) is 0 Å². The lowest BCUT2D eigenvalue weighted by Crippen LogP contribution is -1.90. The molecule has 0 aliphatic rings. The van der Waals surface area contributed by atoms with E-state index in [1.54, 1.807) is 0 Å². The highest BCUT2D eigenvalue weighted by molar-refractivity contribution is 6.10. The molecule has 0 spiro atoms. The van der Waals surface area contributed by atoms with Crippen molar-refractivity contribution in [1.82, 2.24) is 4.98 Å². The highest BCUT2D eigenvalue weighted by Gasteiger charge is 2.13. The van der Waals surface area contributed by atoms with Crippen LogP contribution in [0, 0.1) is 0 Å². The van der Waals surface area contributed by atoms with Crippen molar-refractivity contribution in [3.05, 3.63) is 90.6 Å². The number of nitrogens with zero attached hydrogens (tertiary/aromatic N) is 1. The van der Waals surface area contributed by atoms with Gasteiger partial charge in [-0.25, -0.2) is 0 Å².